The second-order valence-corrected chi connectivity index (χ2v) is 3.18. The second-order valence-electron chi connectivity index (χ2n) is 2.74. The lowest BCUT2D eigenvalue weighted by molar-refractivity contribution is -0.867. The van der Waals surface area contributed by atoms with Crippen molar-refractivity contribution < 1.29 is 9.96 Å². The fourth-order valence-electron chi connectivity index (χ4n) is 0.300. The van der Waals surface area contributed by atoms with Gasteiger partial charge in [-0.2, -0.15) is 12.6 Å². The molecule has 0 heterocycles. The normalized spacial score (nSPS) is 10.5. The van der Waals surface area contributed by atoms with Crippen LogP contribution >= 0.6 is 12.6 Å². The van der Waals surface area contributed by atoms with E-state index in [-0.39, 0.29) is 5.48 Å². The smallest absolute Gasteiger partial charge is 0.0869 e. The van der Waals surface area contributed by atoms with Crippen molar-refractivity contribution in [2.75, 3.05) is 33.4 Å². The summed E-state index contributed by atoms with van der Waals surface area (Å²) >= 11 is 4.10. The monoisotopic (exact) mass is 137 g/mol. The van der Waals surface area contributed by atoms with Gasteiger partial charge in [0.1, 0.15) is 0 Å². The van der Waals surface area contributed by atoms with Crippen molar-refractivity contribution in [3.63, 3.8) is 0 Å². The molecule has 0 aliphatic carbocycles. The molecule has 0 saturated heterocycles. The predicted octanol–water partition coefficient (Wildman–Crippen LogP) is 0.446. The molecule has 0 spiro atoms. The van der Waals surface area contributed by atoms with E-state index >= 15 is 0 Å². The van der Waals surface area contributed by atoms with Gasteiger partial charge in [-0.3, -0.25) is 0 Å². The van der Waals surface area contributed by atoms with E-state index in [9.17, 15) is 0 Å². The van der Waals surface area contributed by atoms with E-state index < -0.39 is 0 Å². The summed E-state index contributed by atoms with van der Waals surface area (Å²) in [6.45, 7) is 1.14. The van der Waals surface area contributed by atoms with Crippen LogP contribution in [-0.2, 0) is 0 Å². The molecule has 0 amide bonds. The molecule has 3 heteroatoms. The third kappa shape index (κ3) is 9.55. The molecular formula is C5H15NOS. The van der Waals surface area contributed by atoms with Gasteiger partial charge < -0.3 is 9.96 Å². The van der Waals surface area contributed by atoms with Gasteiger partial charge in [0.25, 0.3) is 0 Å². The van der Waals surface area contributed by atoms with E-state index in [2.05, 4.69) is 33.8 Å². The van der Waals surface area contributed by atoms with Gasteiger partial charge in [-0.05, 0) is 0 Å². The maximum absolute atomic E-state index is 4.10. The van der Waals surface area contributed by atoms with E-state index in [1.165, 1.54) is 0 Å². The van der Waals surface area contributed by atoms with Crippen LogP contribution in [0, 0.1) is 0 Å². The first-order valence-electron chi connectivity index (χ1n) is 2.47. The lowest BCUT2D eigenvalue weighted by Gasteiger charge is -2.22. The molecule has 0 bridgehead atoms. The SMILES string of the molecule is C[N+](C)(C)CCS.[OH-]. The van der Waals surface area contributed by atoms with E-state index in [0.29, 0.717) is 0 Å². The molecule has 0 atom stereocenters. The summed E-state index contributed by atoms with van der Waals surface area (Å²) in [6, 6.07) is 0. The molecular weight excluding hydrogens is 122 g/mol. The summed E-state index contributed by atoms with van der Waals surface area (Å²) in [5.41, 5.74) is 0. The van der Waals surface area contributed by atoms with Gasteiger partial charge in [0.2, 0.25) is 0 Å². The highest BCUT2D eigenvalue weighted by Gasteiger charge is 2.01. The van der Waals surface area contributed by atoms with Crippen molar-refractivity contribution in [3.05, 3.63) is 0 Å². The van der Waals surface area contributed by atoms with Gasteiger partial charge in [-0.1, -0.05) is 0 Å². The highest BCUT2D eigenvalue weighted by Crippen LogP contribution is 1.88. The van der Waals surface area contributed by atoms with E-state index in [1.54, 1.807) is 0 Å². The Kier molecular flexibility index (Phi) is 5.81. The number of hydrogen-bond donors (Lipinski definition) is 1. The van der Waals surface area contributed by atoms with Crippen molar-refractivity contribution in [3.8, 4) is 0 Å². The summed E-state index contributed by atoms with van der Waals surface area (Å²) < 4.78 is 1.02. The number of nitrogens with zero attached hydrogens (tertiary/aromatic N) is 1. The zero-order chi connectivity index (χ0) is 5.91. The number of rotatable bonds is 2. The van der Waals surface area contributed by atoms with Crippen LogP contribution in [0.2, 0.25) is 0 Å². The Morgan fingerprint density at radius 3 is 1.62 bits per heavy atom. The summed E-state index contributed by atoms with van der Waals surface area (Å²) in [7, 11) is 6.49. The average Bonchev–Trinajstić information content (AvgIpc) is 1.30. The van der Waals surface area contributed by atoms with Crippen LogP contribution in [0.1, 0.15) is 0 Å². The fraction of sp³-hybridized carbons (Fsp3) is 1.00. The summed E-state index contributed by atoms with van der Waals surface area (Å²) in [5, 5.41) is 0. The number of quaternary nitrogens is 1. The highest BCUT2D eigenvalue weighted by atomic mass is 32.1. The molecule has 0 fully saturated rings. The molecule has 0 aromatic rings. The third-order valence-electron chi connectivity index (χ3n) is 0.771. The van der Waals surface area contributed by atoms with E-state index in [0.717, 1.165) is 16.8 Å². The van der Waals surface area contributed by atoms with Gasteiger partial charge in [-0.25, -0.2) is 0 Å². The standard InChI is InChI=1S/C5H13NS.H2O/c1-6(2,3)4-5-7;/h4-5H2,1-3H3;1H2. The predicted molar refractivity (Wildman–Crippen MR) is 38.7 cm³/mol. The summed E-state index contributed by atoms with van der Waals surface area (Å²) in [4.78, 5) is 0. The van der Waals surface area contributed by atoms with Crippen LogP contribution in [0.3, 0.4) is 0 Å². The van der Waals surface area contributed by atoms with Gasteiger partial charge in [0.05, 0.1) is 27.7 Å². The Hall–Kier alpha value is 0.270. The van der Waals surface area contributed by atoms with Crippen LogP contribution in [0.5, 0.6) is 0 Å². The Morgan fingerprint density at radius 1 is 1.25 bits per heavy atom. The van der Waals surface area contributed by atoms with Crippen molar-refractivity contribution in [2.45, 2.75) is 0 Å². The molecule has 1 N–H and O–H groups in total. The van der Waals surface area contributed by atoms with Crippen LogP contribution in [0.15, 0.2) is 0 Å². The molecule has 0 aromatic heterocycles. The van der Waals surface area contributed by atoms with E-state index in [4.69, 9.17) is 0 Å². The van der Waals surface area contributed by atoms with Crippen molar-refractivity contribution in [1.29, 1.82) is 0 Å². The fourth-order valence-corrected chi connectivity index (χ4v) is 0.900. The Labute approximate surface area is 56.8 Å². The molecule has 0 unspecified atom stereocenters. The van der Waals surface area contributed by atoms with Gasteiger partial charge in [-0.15, -0.1) is 0 Å². The highest BCUT2D eigenvalue weighted by molar-refractivity contribution is 7.80. The van der Waals surface area contributed by atoms with Gasteiger partial charge in [0, 0.05) is 5.75 Å². The van der Waals surface area contributed by atoms with Crippen LogP contribution in [0.4, 0.5) is 0 Å². The minimum atomic E-state index is 0. The lowest BCUT2D eigenvalue weighted by Crippen LogP contribution is -2.36. The summed E-state index contributed by atoms with van der Waals surface area (Å²) in [6.07, 6.45) is 0. The molecule has 2 nitrogen and oxygen atoms in total. The average molecular weight is 137 g/mol. The Bertz CT molecular complexity index is 50.9. The maximum Gasteiger partial charge on any atom is 0.0869 e. The van der Waals surface area contributed by atoms with Crippen molar-refractivity contribution in [1.82, 2.24) is 0 Å². The molecule has 0 aromatic carbocycles. The van der Waals surface area contributed by atoms with Crippen molar-refractivity contribution in [2.24, 2.45) is 0 Å². The molecule has 0 aliphatic heterocycles. The summed E-state index contributed by atoms with van der Waals surface area (Å²) in [5.74, 6) is 0.976. The van der Waals surface area contributed by atoms with Crippen LogP contribution in [0.25, 0.3) is 0 Å². The molecule has 0 saturated carbocycles. The first kappa shape index (κ1) is 11.1. The zero-order valence-electron chi connectivity index (χ0n) is 5.76. The zero-order valence-corrected chi connectivity index (χ0v) is 6.65. The minimum Gasteiger partial charge on any atom is -0.870 e. The number of hydrogen-bond acceptors (Lipinski definition) is 2. The van der Waals surface area contributed by atoms with Crippen molar-refractivity contribution >= 4 is 12.6 Å². The Morgan fingerprint density at radius 2 is 1.62 bits per heavy atom. The first-order chi connectivity index (χ1) is 3.06. The quantitative estimate of drug-likeness (QED) is 0.434. The van der Waals surface area contributed by atoms with Gasteiger partial charge >= 0.3 is 0 Å². The lowest BCUT2D eigenvalue weighted by atomic mass is 10.6. The van der Waals surface area contributed by atoms with Crippen LogP contribution in [-0.4, -0.2) is 43.4 Å². The molecule has 0 rings (SSSR count). The topological polar surface area (TPSA) is 30.0 Å². The third-order valence-corrected chi connectivity index (χ3v) is 0.971. The molecule has 8 heavy (non-hydrogen) atoms. The second kappa shape index (κ2) is 4.18. The molecule has 0 aliphatic rings. The van der Waals surface area contributed by atoms with E-state index in [1.807, 2.05) is 0 Å². The number of thiol groups is 1. The molecule has 0 radical (unpaired) electrons. The maximum atomic E-state index is 4.10. The first-order valence-corrected chi connectivity index (χ1v) is 3.11. The minimum absolute atomic E-state index is 0. The largest absolute Gasteiger partial charge is 0.870 e. The Balaban J connectivity index is 0. The molecule has 52 valence electrons. The van der Waals surface area contributed by atoms with Crippen LogP contribution < -0.4 is 0 Å². The van der Waals surface area contributed by atoms with Gasteiger partial charge in [0.15, 0.2) is 0 Å².